The molecule has 2 aliphatic rings. The Morgan fingerprint density at radius 2 is 1.94 bits per heavy atom. The molecule has 18 heavy (non-hydrogen) atoms. The Balaban J connectivity index is 1.79. The van der Waals surface area contributed by atoms with Crippen LogP contribution in [-0.4, -0.2) is 29.0 Å². The fourth-order valence-electron chi connectivity index (χ4n) is 3.26. The minimum atomic E-state index is -0.526. The quantitative estimate of drug-likeness (QED) is 0.830. The number of likely N-dealkylation sites (tertiary alicyclic amines) is 1. The summed E-state index contributed by atoms with van der Waals surface area (Å²) in [6, 6.07) is 3.56. The van der Waals surface area contributed by atoms with Gasteiger partial charge in [0.2, 0.25) is 0 Å². The molecule has 0 radical (unpaired) electrons. The molecule has 1 aromatic rings. The molecule has 1 saturated carbocycles. The van der Waals surface area contributed by atoms with E-state index in [0.29, 0.717) is 11.8 Å². The zero-order valence-electron chi connectivity index (χ0n) is 10.1. The Bertz CT molecular complexity index is 477. The van der Waals surface area contributed by atoms with E-state index in [-0.39, 0.29) is 17.2 Å². The molecule has 1 N–H and O–H groups in total. The largest absolute Gasteiger partial charge is 0.507 e. The van der Waals surface area contributed by atoms with Crippen LogP contribution in [0, 0.1) is 17.7 Å². The van der Waals surface area contributed by atoms with Crippen LogP contribution in [0.4, 0.5) is 4.39 Å². The first kappa shape index (κ1) is 11.5. The molecule has 1 aliphatic carbocycles. The summed E-state index contributed by atoms with van der Waals surface area (Å²) in [6.45, 7) is 1.56. The highest BCUT2D eigenvalue weighted by atomic mass is 19.1. The van der Waals surface area contributed by atoms with Gasteiger partial charge in [0.05, 0.1) is 5.56 Å². The molecule has 0 aromatic heterocycles. The molecule has 2 atom stereocenters. The number of phenolic OH excluding ortho intramolecular Hbond substituents is 1. The number of hydrogen-bond acceptors (Lipinski definition) is 2. The summed E-state index contributed by atoms with van der Waals surface area (Å²) in [5.74, 6) is 0.273. The molecular weight excluding hydrogens is 233 g/mol. The minimum absolute atomic E-state index is 0.179. The molecule has 0 bridgehead atoms. The number of nitrogens with zero attached hydrogens (tertiary/aromatic N) is 1. The van der Waals surface area contributed by atoms with E-state index in [9.17, 15) is 14.3 Å². The van der Waals surface area contributed by atoms with Crippen molar-refractivity contribution in [3.05, 3.63) is 29.6 Å². The molecule has 4 heteroatoms. The lowest BCUT2D eigenvalue weighted by Crippen LogP contribution is -2.29. The molecule has 0 spiro atoms. The van der Waals surface area contributed by atoms with Crippen LogP contribution in [0.25, 0.3) is 0 Å². The van der Waals surface area contributed by atoms with E-state index >= 15 is 0 Å². The highest BCUT2D eigenvalue weighted by Crippen LogP contribution is 2.38. The van der Waals surface area contributed by atoms with Crippen molar-refractivity contribution < 1.29 is 14.3 Å². The van der Waals surface area contributed by atoms with Crippen LogP contribution in [0.15, 0.2) is 18.2 Å². The molecule has 1 heterocycles. The van der Waals surface area contributed by atoms with Gasteiger partial charge in [-0.15, -0.1) is 0 Å². The van der Waals surface area contributed by atoms with Gasteiger partial charge in [0.1, 0.15) is 11.6 Å². The van der Waals surface area contributed by atoms with E-state index in [2.05, 4.69) is 0 Å². The van der Waals surface area contributed by atoms with E-state index in [0.717, 1.165) is 19.2 Å². The molecule has 96 valence electrons. The van der Waals surface area contributed by atoms with E-state index in [4.69, 9.17) is 0 Å². The molecule has 1 aromatic carbocycles. The highest BCUT2D eigenvalue weighted by molar-refractivity contribution is 5.97. The number of halogens is 1. The van der Waals surface area contributed by atoms with Gasteiger partial charge < -0.3 is 10.0 Å². The van der Waals surface area contributed by atoms with Gasteiger partial charge in [0, 0.05) is 19.2 Å². The number of fused-ring (bicyclic) bond motifs is 1. The fraction of sp³-hybridized carbons (Fsp3) is 0.500. The van der Waals surface area contributed by atoms with Crippen molar-refractivity contribution in [3.63, 3.8) is 0 Å². The van der Waals surface area contributed by atoms with Crippen molar-refractivity contribution in [2.45, 2.75) is 19.3 Å². The average molecular weight is 249 g/mol. The Labute approximate surface area is 105 Å². The van der Waals surface area contributed by atoms with Gasteiger partial charge in [-0.25, -0.2) is 4.39 Å². The van der Waals surface area contributed by atoms with Crippen molar-refractivity contribution >= 4 is 5.91 Å². The van der Waals surface area contributed by atoms with E-state index in [1.54, 1.807) is 4.90 Å². The molecule has 2 fully saturated rings. The van der Waals surface area contributed by atoms with Crippen molar-refractivity contribution in [2.24, 2.45) is 11.8 Å². The van der Waals surface area contributed by atoms with E-state index in [1.165, 1.54) is 31.4 Å². The first-order valence-electron chi connectivity index (χ1n) is 6.43. The molecule has 1 amide bonds. The van der Waals surface area contributed by atoms with Crippen LogP contribution in [-0.2, 0) is 0 Å². The molecule has 1 saturated heterocycles. The van der Waals surface area contributed by atoms with Gasteiger partial charge in [0.15, 0.2) is 0 Å². The van der Waals surface area contributed by atoms with E-state index in [1.807, 2.05) is 0 Å². The lowest BCUT2D eigenvalue weighted by Gasteiger charge is -2.17. The van der Waals surface area contributed by atoms with Gasteiger partial charge in [-0.3, -0.25) is 4.79 Å². The molecule has 1 aliphatic heterocycles. The normalized spacial score (nSPS) is 26.4. The zero-order valence-corrected chi connectivity index (χ0v) is 10.1. The van der Waals surface area contributed by atoms with Crippen molar-refractivity contribution in [2.75, 3.05) is 13.1 Å². The van der Waals surface area contributed by atoms with E-state index < -0.39 is 5.82 Å². The van der Waals surface area contributed by atoms with Gasteiger partial charge in [-0.05, 0) is 36.8 Å². The summed E-state index contributed by atoms with van der Waals surface area (Å²) in [6.07, 6.45) is 3.66. The highest BCUT2D eigenvalue weighted by Gasteiger charge is 2.38. The number of carbonyl (C=O) groups excluding carboxylic acids is 1. The summed E-state index contributed by atoms with van der Waals surface area (Å²) in [5.41, 5.74) is 0.205. The molecule has 3 rings (SSSR count). The average Bonchev–Trinajstić information content (AvgIpc) is 2.87. The molecular formula is C14H16FNO2. The topological polar surface area (TPSA) is 40.5 Å². The Kier molecular flexibility index (Phi) is 2.73. The van der Waals surface area contributed by atoms with Gasteiger partial charge in [-0.2, -0.15) is 0 Å². The predicted octanol–water partition coefficient (Wildman–Crippen LogP) is 2.40. The van der Waals surface area contributed by atoms with Crippen LogP contribution in [0.2, 0.25) is 0 Å². The van der Waals surface area contributed by atoms with Gasteiger partial charge in [-0.1, -0.05) is 6.42 Å². The Morgan fingerprint density at radius 1 is 1.28 bits per heavy atom. The van der Waals surface area contributed by atoms with Crippen LogP contribution < -0.4 is 0 Å². The monoisotopic (exact) mass is 249 g/mol. The third-order valence-corrected chi connectivity index (χ3v) is 4.20. The Morgan fingerprint density at radius 3 is 2.56 bits per heavy atom. The smallest absolute Gasteiger partial charge is 0.257 e. The van der Waals surface area contributed by atoms with Crippen molar-refractivity contribution in [1.82, 2.24) is 4.90 Å². The molecule has 2 unspecified atom stereocenters. The number of amides is 1. The first-order valence-corrected chi connectivity index (χ1v) is 6.43. The second kappa shape index (κ2) is 4.26. The maximum Gasteiger partial charge on any atom is 0.257 e. The fourth-order valence-corrected chi connectivity index (χ4v) is 3.26. The Hall–Kier alpha value is -1.58. The second-order valence-electron chi connectivity index (χ2n) is 5.32. The van der Waals surface area contributed by atoms with Crippen molar-refractivity contribution in [3.8, 4) is 5.75 Å². The number of benzene rings is 1. The SMILES string of the molecule is O=C(c1ccc(F)cc1O)N1CC2CCCC2C1. The van der Waals surface area contributed by atoms with Gasteiger partial charge >= 0.3 is 0 Å². The predicted molar refractivity (Wildman–Crippen MR) is 64.8 cm³/mol. The van der Waals surface area contributed by atoms with Crippen LogP contribution in [0.5, 0.6) is 5.75 Å². The van der Waals surface area contributed by atoms with Crippen LogP contribution >= 0.6 is 0 Å². The summed E-state index contributed by atoms with van der Waals surface area (Å²) < 4.78 is 12.9. The lowest BCUT2D eigenvalue weighted by atomic mass is 10.0. The summed E-state index contributed by atoms with van der Waals surface area (Å²) >= 11 is 0. The molecule has 3 nitrogen and oxygen atoms in total. The van der Waals surface area contributed by atoms with Crippen LogP contribution in [0.3, 0.4) is 0 Å². The number of rotatable bonds is 1. The third kappa shape index (κ3) is 1.85. The minimum Gasteiger partial charge on any atom is -0.507 e. The maximum absolute atomic E-state index is 12.9. The standard InChI is InChI=1S/C14H16FNO2/c15-11-4-5-12(13(17)6-11)14(18)16-7-9-2-1-3-10(9)8-16/h4-6,9-10,17H,1-3,7-8H2. The summed E-state index contributed by atoms with van der Waals surface area (Å²) in [7, 11) is 0. The first-order chi connectivity index (χ1) is 8.65. The van der Waals surface area contributed by atoms with Crippen molar-refractivity contribution in [1.29, 1.82) is 0 Å². The summed E-state index contributed by atoms with van der Waals surface area (Å²) in [4.78, 5) is 14.0. The number of aromatic hydroxyl groups is 1. The second-order valence-corrected chi connectivity index (χ2v) is 5.32. The number of carbonyl (C=O) groups is 1. The summed E-state index contributed by atoms with van der Waals surface area (Å²) in [5, 5.41) is 9.64. The van der Waals surface area contributed by atoms with Gasteiger partial charge in [0.25, 0.3) is 5.91 Å². The zero-order chi connectivity index (χ0) is 12.7. The lowest BCUT2D eigenvalue weighted by molar-refractivity contribution is 0.0777. The maximum atomic E-state index is 12.9. The van der Waals surface area contributed by atoms with Crippen LogP contribution in [0.1, 0.15) is 29.6 Å². The third-order valence-electron chi connectivity index (χ3n) is 4.20. The number of phenols is 1. The number of hydrogen-bond donors (Lipinski definition) is 1.